The SMILES string of the molecule is CCC1=CC[C@@H]2CC(=O)N12. The number of allylic oxidation sites excluding steroid dienone is 1. The van der Waals surface area contributed by atoms with E-state index < -0.39 is 0 Å². The van der Waals surface area contributed by atoms with Gasteiger partial charge in [0.2, 0.25) is 5.91 Å². The Labute approximate surface area is 60.5 Å². The highest BCUT2D eigenvalue weighted by molar-refractivity contribution is 5.85. The van der Waals surface area contributed by atoms with Gasteiger partial charge in [0.1, 0.15) is 0 Å². The lowest BCUT2D eigenvalue weighted by Crippen LogP contribution is -2.48. The van der Waals surface area contributed by atoms with Crippen LogP contribution in [0.2, 0.25) is 0 Å². The smallest absolute Gasteiger partial charge is 0.229 e. The van der Waals surface area contributed by atoms with Gasteiger partial charge >= 0.3 is 0 Å². The van der Waals surface area contributed by atoms with Gasteiger partial charge in [-0.3, -0.25) is 4.79 Å². The quantitative estimate of drug-likeness (QED) is 0.498. The molecule has 0 N–H and O–H groups in total. The fraction of sp³-hybridized carbons (Fsp3) is 0.625. The molecule has 54 valence electrons. The molecular weight excluding hydrogens is 126 g/mol. The van der Waals surface area contributed by atoms with Crippen molar-refractivity contribution in [1.82, 2.24) is 4.90 Å². The average molecular weight is 137 g/mol. The molecule has 2 aliphatic heterocycles. The van der Waals surface area contributed by atoms with Crippen molar-refractivity contribution in [3.05, 3.63) is 11.8 Å². The van der Waals surface area contributed by atoms with Crippen LogP contribution in [0.3, 0.4) is 0 Å². The Hall–Kier alpha value is -0.790. The molecule has 2 heteroatoms. The van der Waals surface area contributed by atoms with Gasteiger partial charge in [0.15, 0.2) is 0 Å². The third-order valence-electron chi connectivity index (χ3n) is 2.34. The lowest BCUT2D eigenvalue weighted by molar-refractivity contribution is -0.141. The Balaban J connectivity index is 2.17. The summed E-state index contributed by atoms with van der Waals surface area (Å²) in [5, 5.41) is 0. The van der Waals surface area contributed by atoms with Crippen LogP contribution in [0.1, 0.15) is 26.2 Å². The molecule has 1 saturated heterocycles. The molecule has 0 aliphatic carbocycles. The van der Waals surface area contributed by atoms with Crippen molar-refractivity contribution in [2.75, 3.05) is 0 Å². The fourth-order valence-corrected chi connectivity index (χ4v) is 1.75. The van der Waals surface area contributed by atoms with Crippen LogP contribution in [-0.4, -0.2) is 16.8 Å². The standard InChI is InChI=1S/C8H11NO/c1-2-6-3-4-7-5-8(10)9(6)7/h3,7H,2,4-5H2,1H3/t7-/m1/s1. The molecule has 0 spiro atoms. The van der Waals surface area contributed by atoms with Crippen molar-refractivity contribution in [3.8, 4) is 0 Å². The van der Waals surface area contributed by atoms with Crippen LogP contribution in [0.4, 0.5) is 0 Å². The maximum atomic E-state index is 11.0. The minimum Gasteiger partial charge on any atom is -0.313 e. The van der Waals surface area contributed by atoms with E-state index in [1.54, 1.807) is 0 Å². The van der Waals surface area contributed by atoms with Crippen LogP contribution in [0, 0.1) is 0 Å². The van der Waals surface area contributed by atoms with Crippen molar-refractivity contribution in [2.45, 2.75) is 32.2 Å². The van der Waals surface area contributed by atoms with Crippen molar-refractivity contribution < 1.29 is 4.79 Å². The second-order valence-electron chi connectivity index (χ2n) is 2.91. The summed E-state index contributed by atoms with van der Waals surface area (Å²) < 4.78 is 0. The third kappa shape index (κ3) is 0.564. The van der Waals surface area contributed by atoms with Crippen molar-refractivity contribution in [1.29, 1.82) is 0 Å². The monoisotopic (exact) mass is 137 g/mol. The van der Waals surface area contributed by atoms with E-state index in [1.165, 1.54) is 5.70 Å². The van der Waals surface area contributed by atoms with E-state index >= 15 is 0 Å². The molecule has 0 saturated carbocycles. The van der Waals surface area contributed by atoms with Gasteiger partial charge in [0.05, 0.1) is 0 Å². The summed E-state index contributed by atoms with van der Waals surface area (Å²) in [6.07, 6.45) is 5.06. The molecule has 2 nitrogen and oxygen atoms in total. The first kappa shape index (κ1) is 5.96. The molecule has 1 atom stereocenters. The zero-order valence-electron chi connectivity index (χ0n) is 6.13. The Morgan fingerprint density at radius 1 is 1.80 bits per heavy atom. The van der Waals surface area contributed by atoms with E-state index in [2.05, 4.69) is 13.0 Å². The molecule has 0 aromatic heterocycles. The van der Waals surface area contributed by atoms with E-state index in [0.29, 0.717) is 11.9 Å². The molecule has 1 amide bonds. The first-order valence-corrected chi connectivity index (χ1v) is 3.84. The van der Waals surface area contributed by atoms with E-state index in [-0.39, 0.29) is 0 Å². The number of nitrogens with zero attached hydrogens (tertiary/aromatic N) is 1. The van der Waals surface area contributed by atoms with Gasteiger partial charge in [-0.15, -0.1) is 0 Å². The first-order chi connectivity index (χ1) is 4.83. The summed E-state index contributed by atoms with van der Waals surface area (Å²) >= 11 is 0. The molecule has 0 radical (unpaired) electrons. The lowest BCUT2D eigenvalue weighted by atomic mass is 10.0. The summed E-state index contributed by atoms with van der Waals surface area (Å²) in [7, 11) is 0. The normalized spacial score (nSPS) is 29.7. The first-order valence-electron chi connectivity index (χ1n) is 3.84. The molecule has 10 heavy (non-hydrogen) atoms. The van der Waals surface area contributed by atoms with Gasteiger partial charge in [-0.05, 0) is 12.8 Å². The van der Waals surface area contributed by atoms with Crippen molar-refractivity contribution in [2.24, 2.45) is 0 Å². The third-order valence-corrected chi connectivity index (χ3v) is 2.34. The molecule has 0 aromatic rings. The summed E-state index contributed by atoms with van der Waals surface area (Å²) in [6, 6.07) is 0.544. The Kier molecular flexibility index (Phi) is 1.10. The van der Waals surface area contributed by atoms with E-state index in [4.69, 9.17) is 0 Å². The highest BCUT2D eigenvalue weighted by atomic mass is 16.2. The Bertz CT molecular complexity index is 207. The zero-order valence-corrected chi connectivity index (χ0v) is 6.13. The average Bonchev–Trinajstić information content (AvgIpc) is 2.25. The molecule has 2 heterocycles. The second kappa shape index (κ2) is 1.84. The van der Waals surface area contributed by atoms with Crippen LogP contribution >= 0.6 is 0 Å². The van der Waals surface area contributed by atoms with Gasteiger partial charge in [-0.25, -0.2) is 0 Å². The maximum absolute atomic E-state index is 11.0. The van der Waals surface area contributed by atoms with E-state index in [0.717, 1.165) is 19.3 Å². The molecule has 1 fully saturated rings. The summed E-state index contributed by atoms with van der Waals surface area (Å²) in [5.74, 6) is 0.315. The van der Waals surface area contributed by atoms with Gasteiger partial charge in [-0.2, -0.15) is 0 Å². The molecule has 0 bridgehead atoms. The minimum absolute atomic E-state index is 0.315. The number of rotatable bonds is 1. The maximum Gasteiger partial charge on any atom is 0.229 e. The van der Waals surface area contributed by atoms with Crippen molar-refractivity contribution in [3.63, 3.8) is 0 Å². The van der Waals surface area contributed by atoms with Gasteiger partial charge in [0, 0.05) is 18.2 Å². The van der Waals surface area contributed by atoms with Crippen molar-refractivity contribution >= 4 is 5.91 Å². The zero-order chi connectivity index (χ0) is 7.14. The highest BCUT2D eigenvalue weighted by Gasteiger charge is 2.40. The molecule has 0 unspecified atom stereocenters. The Morgan fingerprint density at radius 2 is 2.60 bits per heavy atom. The molecular formula is C8H11NO. The van der Waals surface area contributed by atoms with Gasteiger partial charge in [0.25, 0.3) is 0 Å². The number of hydrogen-bond donors (Lipinski definition) is 0. The topological polar surface area (TPSA) is 20.3 Å². The molecule has 0 aromatic carbocycles. The fourth-order valence-electron chi connectivity index (χ4n) is 1.75. The number of amides is 1. The van der Waals surface area contributed by atoms with Crippen LogP contribution in [0.5, 0.6) is 0 Å². The number of fused-ring (bicyclic) bond motifs is 1. The number of carbonyl (C=O) groups excluding carboxylic acids is 1. The Morgan fingerprint density at radius 3 is 3.10 bits per heavy atom. The minimum atomic E-state index is 0.315. The second-order valence-corrected chi connectivity index (χ2v) is 2.91. The lowest BCUT2D eigenvalue weighted by Gasteiger charge is -2.36. The summed E-state index contributed by atoms with van der Waals surface area (Å²) in [4.78, 5) is 12.9. The largest absolute Gasteiger partial charge is 0.313 e. The molecule has 2 aliphatic rings. The van der Waals surface area contributed by atoms with Gasteiger partial charge < -0.3 is 4.90 Å². The molecule has 2 rings (SSSR count). The van der Waals surface area contributed by atoms with E-state index in [9.17, 15) is 4.79 Å². The van der Waals surface area contributed by atoms with Gasteiger partial charge in [-0.1, -0.05) is 13.0 Å². The van der Waals surface area contributed by atoms with Crippen LogP contribution < -0.4 is 0 Å². The highest BCUT2D eigenvalue weighted by Crippen LogP contribution is 2.34. The predicted octanol–water partition coefficient (Wildman–Crippen LogP) is 1.28. The van der Waals surface area contributed by atoms with Crippen LogP contribution in [0.25, 0.3) is 0 Å². The number of β-lactam (4-membered cyclic amide) rings is 1. The summed E-state index contributed by atoms with van der Waals surface area (Å²) in [5.41, 5.74) is 1.24. The van der Waals surface area contributed by atoms with E-state index in [1.807, 2.05) is 4.90 Å². The number of carbonyl (C=O) groups is 1. The van der Waals surface area contributed by atoms with Crippen LogP contribution in [0.15, 0.2) is 11.8 Å². The van der Waals surface area contributed by atoms with Crippen LogP contribution in [-0.2, 0) is 4.79 Å². The number of hydrogen-bond acceptors (Lipinski definition) is 1. The summed E-state index contributed by atoms with van der Waals surface area (Å²) in [6.45, 7) is 2.10. The predicted molar refractivity (Wildman–Crippen MR) is 38.2 cm³/mol.